The fourth-order valence-corrected chi connectivity index (χ4v) is 1.15. The Bertz CT molecular complexity index is 347. The van der Waals surface area contributed by atoms with Crippen molar-refractivity contribution in [3.63, 3.8) is 0 Å². The molecule has 0 bridgehead atoms. The van der Waals surface area contributed by atoms with Crippen LogP contribution in [-0.2, 0) is 0 Å². The van der Waals surface area contributed by atoms with E-state index in [1.165, 1.54) is 12.1 Å². The van der Waals surface area contributed by atoms with Crippen LogP contribution < -0.4 is 10.2 Å². The van der Waals surface area contributed by atoms with Crippen molar-refractivity contribution in [2.45, 2.75) is 0 Å². The molecule has 16 heavy (non-hydrogen) atoms. The average molecular weight is 227 g/mol. The van der Waals surface area contributed by atoms with Crippen LogP contribution in [0.15, 0.2) is 18.2 Å². The van der Waals surface area contributed by atoms with Gasteiger partial charge in [-0.25, -0.2) is 4.39 Å². The minimum Gasteiger partial charge on any atom is -0.492 e. The van der Waals surface area contributed by atoms with Crippen molar-refractivity contribution in [3.8, 4) is 5.75 Å². The van der Waals surface area contributed by atoms with Gasteiger partial charge in [0.15, 0.2) is 0 Å². The molecule has 6 heteroatoms. The predicted octanol–water partition coefficient (Wildman–Crippen LogP) is -0.554. The minimum absolute atomic E-state index is 0.153. The summed E-state index contributed by atoms with van der Waals surface area (Å²) in [7, 11) is 2.03. The Balaban J connectivity index is 2.59. The van der Waals surface area contributed by atoms with Crippen LogP contribution in [0.1, 0.15) is 0 Å². The lowest BCUT2D eigenvalue weighted by molar-refractivity contribution is 0.260. The second-order valence-electron chi connectivity index (χ2n) is 3.71. The number of hydrogen-bond donors (Lipinski definition) is 2. The number of nitrogens with zero attached hydrogens (tertiary/aromatic N) is 1. The quantitative estimate of drug-likeness (QED) is 0.662. The van der Waals surface area contributed by atoms with Gasteiger partial charge >= 0.3 is 7.12 Å². The Morgan fingerprint density at radius 3 is 2.56 bits per heavy atom. The van der Waals surface area contributed by atoms with Crippen molar-refractivity contribution in [2.24, 2.45) is 0 Å². The second-order valence-corrected chi connectivity index (χ2v) is 3.71. The van der Waals surface area contributed by atoms with Crippen LogP contribution in [0.5, 0.6) is 5.75 Å². The van der Waals surface area contributed by atoms with Crippen LogP contribution in [0.2, 0.25) is 0 Å². The Morgan fingerprint density at radius 1 is 1.38 bits per heavy atom. The van der Waals surface area contributed by atoms with E-state index in [-0.39, 0.29) is 5.46 Å². The summed E-state index contributed by atoms with van der Waals surface area (Å²) in [5.74, 6) is -0.305. The van der Waals surface area contributed by atoms with Crippen molar-refractivity contribution in [1.82, 2.24) is 4.90 Å². The first kappa shape index (κ1) is 13.0. The highest BCUT2D eigenvalue weighted by atomic mass is 19.1. The first-order chi connectivity index (χ1) is 7.50. The molecule has 0 aliphatic carbocycles. The molecule has 0 aliphatic heterocycles. The van der Waals surface area contributed by atoms with Crippen LogP contribution in [0.25, 0.3) is 0 Å². The van der Waals surface area contributed by atoms with Gasteiger partial charge in [-0.2, -0.15) is 0 Å². The van der Waals surface area contributed by atoms with Gasteiger partial charge < -0.3 is 19.7 Å². The molecule has 0 heterocycles. The van der Waals surface area contributed by atoms with Crippen molar-refractivity contribution in [1.29, 1.82) is 0 Å². The van der Waals surface area contributed by atoms with Gasteiger partial charge in [0.1, 0.15) is 18.2 Å². The van der Waals surface area contributed by atoms with E-state index < -0.39 is 12.9 Å². The van der Waals surface area contributed by atoms with E-state index in [1.807, 2.05) is 19.0 Å². The molecule has 0 aromatic heterocycles. The molecular formula is C10H15BFNO3. The molecule has 0 radical (unpaired) electrons. The Labute approximate surface area is 94.4 Å². The molecule has 0 aliphatic rings. The zero-order valence-electron chi connectivity index (χ0n) is 9.35. The fraction of sp³-hybridized carbons (Fsp3) is 0.400. The van der Waals surface area contributed by atoms with E-state index in [9.17, 15) is 4.39 Å². The number of halogens is 1. The molecule has 0 spiro atoms. The molecule has 0 amide bonds. The van der Waals surface area contributed by atoms with Gasteiger partial charge in [0.2, 0.25) is 0 Å². The van der Waals surface area contributed by atoms with Crippen LogP contribution in [-0.4, -0.2) is 49.3 Å². The van der Waals surface area contributed by atoms with E-state index in [4.69, 9.17) is 14.8 Å². The summed E-state index contributed by atoms with van der Waals surface area (Å²) in [6.07, 6.45) is 0. The van der Waals surface area contributed by atoms with E-state index in [0.29, 0.717) is 12.4 Å². The molecule has 0 fully saturated rings. The molecule has 2 N–H and O–H groups in total. The Morgan fingerprint density at radius 2 is 2.06 bits per heavy atom. The monoisotopic (exact) mass is 227 g/mol. The van der Waals surface area contributed by atoms with Crippen LogP contribution in [0.3, 0.4) is 0 Å². The molecule has 0 saturated carbocycles. The average Bonchev–Trinajstić information content (AvgIpc) is 2.16. The lowest BCUT2D eigenvalue weighted by Gasteiger charge is -2.11. The van der Waals surface area contributed by atoms with Gasteiger partial charge in [0.25, 0.3) is 0 Å². The summed E-state index contributed by atoms with van der Waals surface area (Å²) in [4.78, 5) is 1.95. The zero-order chi connectivity index (χ0) is 12.1. The molecule has 1 aromatic rings. The third-order valence-electron chi connectivity index (χ3n) is 2.06. The highest BCUT2D eigenvalue weighted by Gasteiger charge is 2.16. The predicted molar refractivity (Wildman–Crippen MR) is 60.3 cm³/mol. The third-order valence-corrected chi connectivity index (χ3v) is 2.06. The smallest absolute Gasteiger partial charge is 0.491 e. The van der Waals surface area contributed by atoms with Gasteiger partial charge in [0.05, 0.1) is 0 Å². The lowest BCUT2D eigenvalue weighted by Crippen LogP contribution is -2.32. The SMILES string of the molecule is CN(C)CCOc1ccc(B(O)O)c(F)c1. The molecule has 0 unspecified atom stereocenters. The van der Waals surface area contributed by atoms with E-state index >= 15 is 0 Å². The molecule has 1 aromatic carbocycles. The van der Waals surface area contributed by atoms with E-state index in [0.717, 1.165) is 12.6 Å². The summed E-state index contributed by atoms with van der Waals surface area (Å²) < 4.78 is 18.6. The van der Waals surface area contributed by atoms with Crippen LogP contribution >= 0.6 is 0 Å². The maximum Gasteiger partial charge on any atom is 0.491 e. The van der Waals surface area contributed by atoms with Gasteiger partial charge in [-0.3, -0.25) is 0 Å². The highest BCUT2D eigenvalue weighted by molar-refractivity contribution is 6.58. The Kier molecular flexibility index (Phi) is 4.73. The topological polar surface area (TPSA) is 52.9 Å². The molecule has 88 valence electrons. The molecule has 4 nitrogen and oxygen atoms in total. The molecular weight excluding hydrogens is 212 g/mol. The molecule has 0 atom stereocenters. The van der Waals surface area contributed by atoms with Crippen LogP contribution in [0.4, 0.5) is 4.39 Å². The summed E-state index contributed by atoms with van der Waals surface area (Å²) in [6.45, 7) is 1.18. The number of hydrogen-bond acceptors (Lipinski definition) is 4. The van der Waals surface area contributed by atoms with Gasteiger partial charge in [-0.1, -0.05) is 6.07 Å². The maximum atomic E-state index is 13.3. The number of benzene rings is 1. The zero-order valence-corrected chi connectivity index (χ0v) is 9.35. The maximum absolute atomic E-state index is 13.3. The summed E-state index contributed by atoms with van der Waals surface area (Å²) in [6, 6.07) is 3.95. The molecule has 1 rings (SSSR count). The second kappa shape index (κ2) is 5.84. The Hall–Kier alpha value is -1.11. The third kappa shape index (κ3) is 3.81. The minimum atomic E-state index is -1.80. The standard InChI is InChI=1S/C10H15BFNO3/c1-13(2)5-6-16-8-3-4-9(11(14)15)10(12)7-8/h3-4,7,14-15H,5-6H2,1-2H3. The van der Waals surface area contributed by atoms with Crippen molar-refractivity contribution >= 4 is 12.6 Å². The number of likely N-dealkylation sites (N-methyl/N-ethyl adjacent to an activating group) is 1. The summed E-state index contributed by atoms with van der Waals surface area (Å²) >= 11 is 0. The van der Waals surface area contributed by atoms with Crippen LogP contribution in [0, 0.1) is 5.82 Å². The van der Waals surface area contributed by atoms with Crippen molar-refractivity contribution in [3.05, 3.63) is 24.0 Å². The highest BCUT2D eigenvalue weighted by Crippen LogP contribution is 2.10. The van der Waals surface area contributed by atoms with Gasteiger partial charge in [0, 0.05) is 18.1 Å². The first-order valence-corrected chi connectivity index (χ1v) is 4.94. The normalized spacial score (nSPS) is 10.6. The van der Waals surface area contributed by atoms with Gasteiger partial charge in [-0.15, -0.1) is 0 Å². The summed E-state index contributed by atoms with van der Waals surface area (Å²) in [5, 5.41) is 17.6. The van der Waals surface area contributed by atoms with Crippen molar-refractivity contribution in [2.75, 3.05) is 27.2 Å². The lowest BCUT2D eigenvalue weighted by atomic mass is 9.80. The largest absolute Gasteiger partial charge is 0.492 e. The van der Waals surface area contributed by atoms with Crippen molar-refractivity contribution < 1.29 is 19.2 Å². The van der Waals surface area contributed by atoms with E-state index in [2.05, 4.69) is 0 Å². The first-order valence-electron chi connectivity index (χ1n) is 4.94. The number of rotatable bonds is 5. The fourth-order valence-electron chi connectivity index (χ4n) is 1.15. The molecule has 0 saturated heterocycles. The summed E-state index contributed by atoms with van der Waals surface area (Å²) in [5.41, 5.74) is -0.153. The number of ether oxygens (including phenoxy) is 1. The van der Waals surface area contributed by atoms with E-state index in [1.54, 1.807) is 0 Å². The van der Waals surface area contributed by atoms with Gasteiger partial charge in [-0.05, 0) is 20.2 Å².